The predicted octanol–water partition coefficient (Wildman–Crippen LogP) is 3.59. The molecule has 1 atom stereocenters. The lowest BCUT2D eigenvalue weighted by molar-refractivity contribution is 0.459. The molecule has 1 N–H and O–H groups in total. The largest absolute Gasteiger partial charge is 0.351 e. The molecule has 1 aromatic carbocycles. The smallest absolute Gasteiger partial charge is 0.193 e. The van der Waals surface area contributed by atoms with Gasteiger partial charge in [0, 0.05) is 32.5 Å². The number of fused-ring (bicyclic) bond motifs is 1. The number of hydrogen-bond donors (Lipinski definition) is 1. The lowest BCUT2D eigenvalue weighted by Crippen LogP contribution is -2.39. The van der Waals surface area contributed by atoms with Crippen molar-refractivity contribution >= 4 is 35.6 Å². The van der Waals surface area contributed by atoms with Crippen LogP contribution < -0.4 is 5.32 Å². The van der Waals surface area contributed by atoms with Gasteiger partial charge in [0.05, 0.1) is 12.2 Å². The number of nitrogens with zero attached hydrogens (tertiary/aromatic N) is 4. The first-order valence-electron chi connectivity index (χ1n) is 9.24. The summed E-state index contributed by atoms with van der Waals surface area (Å²) in [5.74, 6) is 1.66. The van der Waals surface area contributed by atoms with E-state index in [1.807, 2.05) is 35.8 Å². The zero-order valence-corrected chi connectivity index (χ0v) is 17.9. The molecule has 0 spiro atoms. The summed E-state index contributed by atoms with van der Waals surface area (Å²) < 4.78 is 2.05. The van der Waals surface area contributed by atoms with Crippen LogP contribution in [0.3, 0.4) is 0 Å². The van der Waals surface area contributed by atoms with Crippen molar-refractivity contribution in [2.24, 2.45) is 10.9 Å². The molecule has 2 aromatic heterocycles. The molecule has 1 aliphatic heterocycles. The van der Waals surface area contributed by atoms with Crippen LogP contribution in [0, 0.1) is 5.92 Å². The molecule has 3 heterocycles. The minimum Gasteiger partial charge on any atom is -0.351 e. The molecule has 0 bridgehead atoms. The van der Waals surface area contributed by atoms with Crippen molar-refractivity contribution in [3.8, 4) is 0 Å². The summed E-state index contributed by atoms with van der Waals surface area (Å²) in [6, 6.07) is 16.8. The number of pyridine rings is 1. The third-order valence-corrected chi connectivity index (χ3v) is 5.01. The molecule has 3 aromatic rings. The summed E-state index contributed by atoms with van der Waals surface area (Å²) in [5.41, 5.74) is 3.42. The third kappa shape index (κ3) is 4.80. The second-order valence-electron chi connectivity index (χ2n) is 6.89. The minimum atomic E-state index is 0. The Labute approximate surface area is 177 Å². The quantitative estimate of drug-likeness (QED) is 0.357. The second-order valence-corrected chi connectivity index (χ2v) is 6.89. The molecule has 0 amide bonds. The number of likely N-dealkylation sites (tertiary alicyclic amines) is 1. The van der Waals surface area contributed by atoms with Crippen LogP contribution in [0.15, 0.2) is 65.9 Å². The number of guanidine groups is 1. The fraction of sp³-hybridized carbons (Fsp3) is 0.333. The number of imidazole rings is 1. The van der Waals surface area contributed by atoms with Gasteiger partial charge in [-0.25, -0.2) is 4.98 Å². The van der Waals surface area contributed by atoms with Gasteiger partial charge in [-0.3, -0.25) is 4.99 Å². The molecule has 1 saturated heterocycles. The summed E-state index contributed by atoms with van der Waals surface area (Å²) in [5, 5.41) is 3.47. The molecule has 1 fully saturated rings. The van der Waals surface area contributed by atoms with Crippen molar-refractivity contribution in [1.29, 1.82) is 0 Å². The van der Waals surface area contributed by atoms with Gasteiger partial charge >= 0.3 is 0 Å². The summed E-state index contributed by atoms with van der Waals surface area (Å²) in [6.07, 6.45) is 6.44. The molecule has 0 aliphatic carbocycles. The van der Waals surface area contributed by atoms with Crippen LogP contribution in [0.2, 0.25) is 0 Å². The van der Waals surface area contributed by atoms with Crippen molar-refractivity contribution in [3.05, 3.63) is 72.2 Å². The Morgan fingerprint density at radius 3 is 2.78 bits per heavy atom. The molecule has 1 aliphatic rings. The Bertz CT molecular complexity index is 857. The number of aromatic nitrogens is 2. The lowest BCUT2D eigenvalue weighted by Gasteiger charge is -2.21. The maximum absolute atomic E-state index is 4.64. The molecule has 1 unspecified atom stereocenters. The second kappa shape index (κ2) is 9.21. The van der Waals surface area contributed by atoms with Crippen LogP contribution in [0.5, 0.6) is 0 Å². The van der Waals surface area contributed by atoms with Crippen molar-refractivity contribution in [2.45, 2.75) is 19.4 Å². The van der Waals surface area contributed by atoms with E-state index < -0.39 is 0 Å². The first kappa shape index (κ1) is 19.7. The molecule has 0 saturated carbocycles. The number of nitrogens with one attached hydrogen (secondary N) is 1. The van der Waals surface area contributed by atoms with E-state index in [1.54, 1.807) is 0 Å². The molecule has 4 rings (SSSR count). The number of aliphatic imine (C=N–C) groups is 1. The Hall–Kier alpha value is -2.09. The molecule has 27 heavy (non-hydrogen) atoms. The van der Waals surface area contributed by atoms with E-state index in [0.717, 1.165) is 36.8 Å². The van der Waals surface area contributed by atoms with Crippen LogP contribution in [0.1, 0.15) is 17.7 Å². The van der Waals surface area contributed by atoms with E-state index in [2.05, 4.69) is 56.7 Å². The van der Waals surface area contributed by atoms with E-state index in [1.165, 1.54) is 12.0 Å². The molecule has 142 valence electrons. The molecular formula is C21H26IN5. The fourth-order valence-electron chi connectivity index (χ4n) is 3.71. The van der Waals surface area contributed by atoms with Crippen molar-refractivity contribution in [3.63, 3.8) is 0 Å². The van der Waals surface area contributed by atoms with Crippen molar-refractivity contribution in [2.75, 3.05) is 20.1 Å². The van der Waals surface area contributed by atoms with Crippen LogP contribution >= 0.6 is 24.0 Å². The maximum atomic E-state index is 4.64. The zero-order valence-electron chi connectivity index (χ0n) is 15.6. The summed E-state index contributed by atoms with van der Waals surface area (Å²) >= 11 is 0. The molecule has 5 nitrogen and oxygen atoms in total. The van der Waals surface area contributed by atoms with E-state index in [4.69, 9.17) is 0 Å². The lowest BCUT2D eigenvalue weighted by atomic mass is 9.99. The monoisotopic (exact) mass is 475 g/mol. The van der Waals surface area contributed by atoms with Gasteiger partial charge in [0.2, 0.25) is 0 Å². The van der Waals surface area contributed by atoms with Crippen molar-refractivity contribution in [1.82, 2.24) is 19.6 Å². The average molecular weight is 475 g/mol. The van der Waals surface area contributed by atoms with Crippen LogP contribution in [-0.4, -0.2) is 40.4 Å². The SMILES string of the molecule is CN=C(NCc1cn2ccccc2n1)N1CCC(Cc2ccccc2)C1.I. The molecular weight excluding hydrogens is 449 g/mol. The number of halogens is 1. The number of hydrogen-bond acceptors (Lipinski definition) is 2. The van der Waals surface area contributed by atoms with Gasteiger partial charge in [-0.1, -0.05) is 36.4 Å². The Kier molecular flexibility index (Phi) is 6.71. The highest BCUT2D eigenvalue weighted by Gasteiger charge is 2.25. The highest BCUT2D eigenvalue weighted by molar-refractivity contribution is 14.0. The highest BCUT2D eigenvalue weighted by atomic mass is 127. The fourth-order valence-corrected chi connectivity index (χ4v) is 3.71. The zero-order chi connectivity index (χ0) is 17.8. The summed E-state index contributed by atoms with van der Waals surface area (Å²) in [6.45, 7) is 2.80. The Morgan fingerprint density at radius 1 is 1.19 bits per heavy atom. The van der Waals surface area contributed by atoms with Gasteiger partial charge in [0.1, 0.15) is 5.65 Å². The molecule has 0 radical (unpaired) electrons. The standard InChI is InChI=1S/C21H25N5.HI/c1-22-21(23-14-19-16-25-11-6-5-9-20(25)24-19)26-12-10-18(15-26)13-17-7-3-2-4-8-17;/h2-9,11,16,18H,10,12-15H2,1H3,(H,22,23);1H. The van der Waals surface area contributed by atoms with Gasteiger partial charge in [-0.15, -0.1) is 24.0 Å². The minimum absolute atomic E-state index is 0. The Balaban J connectivity index is 0.00000210. The first-order valence-corrected chi connectivity index (χ1v) is 9.24. The summed E-state index contributed by atoms with van der Waals surface area (Å²) in [7, 11) is 1.86. The van der Waals surface area contributed by atoms with Gasteiger partial charge in [-0.05, 0) is 36.5 Å². The van der Waals surface area contributed by atoms with Crippen molar-refractivity contribution < 1.29 is 0 Å². The van der Waals surface area contributed by atoms with E-state index >= 15 is 0 Å². The normalized spacial score (nSPS) is 17.1. The van der Waals surface area contributed by atoms with Crippen LogP contribution in [-0.2, 0) is 13.0 Å². The maximum Gasteiger partial charge on any atom is 0.193 e. The summed E-state index contributed by atoms with van der Waals surface area (Å²) in [4.78, 5) is 11.5. The third-order valence-electron chi connectivity index (χ3n) is 5.01. The van der Waals surface area contributed by atoms with E-state index in [9.17, 15) is 0 Å². The van der Waals surface area contributed by atoms with Crippen LogP contribution in [0.4, 0.5) is 0 Å². The molecule has 6 heteroatoms. The van der Waals surface area contributed by atoms with Gasteiger partial charge in [0.15, 0.2) is 5.96 Å². The predicted molar refractivity (Wildman–Crippen MR) is 121 cm³/mol. The number of rotatable bonds is 4. The van der Waals surface area contributed by atoms with Gasteiger partial charge < -0.3 is 14.6 Å². The number of benzene rings is 1. The topological polar surface area (TPSA) is 44.9 Å². The highest BCUT2D eigenvalue weighted by Crippen LogP contribution is 2.21. The van der Waals surface area contributed by atoms with E-state index in [0.29, 0.717) is 12.5 Å². The van der Waals surface area contributed by atoms with Crippen LogP contribution in [0.25, 0.3) is 5.65 Å². The average Bonchev–Trinajstić information content (AvgIpc) is 3.30. The first-order chi connectivity index (χ1) is 12.8. The van der Waals surface area contributed by atoms with Gasteiger partial charge in [0.25, 0.3) is 0 Å². The van der Waals surface area contributed by atoms with E-state index in [-0.39, 0.29) is 24.0 Å². The Morgan fingerprint density at radius 2 is 2.00 bits per heavy atom. The van der Waals surface area contributed by atoms with Gasteiger partial charge in [-0.2, -0.15) is 0 Å².